The van der Waals surface area contributed by atoms with Crippen LogP contribution in [0.4, 0.5) is 0 Å². The summed E-state index contributed by atoms with van der Waals surface area (Å²) in [5, 5.41) is 4.06. The second-order valence-electron chi connectivity index (χ2n) is 5.02. The molecule has 0 radical (unpaired) electrons. The van der Waals surface area contributed by atoms with Crippen molar-refractivity contribution in [1.29, 1.82) is 0 Å². The van der Waals surface area contributed by atoms with Crippen molar-refractivity contribution in [3.8, 4) is 0 Å². The molecule has 1 fully saturated rings. The highest BCUT2D eigenvalue weighted by Gasteiger charge is 2.27. The van der Waals surface area contributed by atoms with Crippen LogP contribution in [-0.2, 0) is 0 Å². The molecule has 0 amide bonds. The minimum atomic E-state index is 0.572. The van der Waals surface area contributed by atoms with Gasteiger partial charge in [-0.15, -0.1) is 0 Å². The van der Waals surface area contributed by atoms with Gasteiger partial charge in [-0.1, -0.05) is 23.7 Å². The average Bonchev–Trinajstić information content (AvgIpc) is 2.39. The van der Waals surface area contributed by atoms with Gasteiger partial charge in [-0.05, 0) is 54.8 Å². The number of nitrogens with one attached hydrogen (secondary N) is 1. The molecule has 3 rings (SSSR count). The Balaban J connectivity index is 1.84. The van der Waals surface area contributed by atoms with E-state index in [-0.39, 0.29) is 0 Å². The van der Waals surface area contributed by atoms with Crippen LogP contribution in [0.15, 0.2) is 24.4 Å². The minimum Gasteiger partial charge on any atom is -0.316 e. The van der Waals surface area contributed by atoms with Crippen molar-refractivity contribution in [3.63, 3.8) is 0 Å². The molecule has 0 bridgehead atoms. The summed E-state index contributed by atoms with van der Waals surface area (Å²) in [6.45, 7) is 2.32. The predicted molar refractivity (Wildman–Crippen MR) is 70.9 cm³/mol. The van der Waals surface area contributed by atoms with Crippen LogP contribution >= 0.6 is 11.6 Å². The molecular formula is C14H17ClN2. The monoisotopic (exact) mass is 248 g/mol. The zero-order valence-corrected chi connectivity index (χ0v) is 10.6. The van der Waals surface area contributed by atoms with Gasteiger partial charge in [0.15, 0.2) is 0 Å². The first-order chi connectivity index (χ1) is 8.33. The van der Waals surface area contributed by atoms with Gasteiger partial charge in [-0.3, -0.25) is 0 Å². The molecule has 1 N–H and O–H groups in total. The molecule has 0 aromatic carbocycles. The molecule has 2 heterocycles. The van der Waals surface area contributed by atoms with Crippen LogP contribution in [0.25, 0.3) is 5.57 Å². The van der Waals surface area contributed by atoms with Crippen molar-refractivity contribution in [3.05, 3.63) is 35.1 Å². The molecule has 2 atom stereocenters. The lowest BCUT2D eigenvalue weighted by Gasteiger charge is -2.34. The van der Waals surface area contributed by atoms with Crippen LogP contribution in [-0.4, -0.2) is 18.1 Å². The number of fused-ring (bicyclic) bond motifs is 1. The number of halogens is 1. The van der Waals surface area contributed by atoms with Crippen LogP contribution < -0.4 is 5.32 Å². The topological polar surface area (TPSA) is 24.9 Å². The van der Waals surface area contributed by atoms with Crippen molar-refractivity contribution < 1.29 is 0 Å². The Morgan fingerprint density at radius 2 is 2.24 bits per heavy atom. The summed E-state index contributed by atoms with van der Waals surface area (Å²) in [6.07, 6.45) is 8.18. The maximum Gasteiger partial charge on any atom is 0.129 e. The van der Waals surface area contributed by atoms with Gasteiger partial charge >= 0.3 is 0 Å². The molecule has 0 saturated carbocycles. The molecule has 1 aliphatic heterocycles. The fraction of sp³-hybridized carbons (Fsp3) is 0.500. The number of aromatic nitrogens is 1. The number of piperidine rings is 1. The molecule has 1 saturated heterocycles. The van der Waals surface area contributed by atoms with Gasteiger partial charge in [0, 0.05) is 12.7 Å². The van der Waals surface area contributed by atoms with Crippen LogP contribution in [0.3, 0.4) is 0 Å². The lowest BCUT2D eigenvalue weighted by atomic mass is 9.76. The number of allylic oxidation sites excluding steroid dienone is 1. The quantitative estimate of drug-likeness (QED) is 0.773. The number of nitrogens with zero attached hydrogens (tertiary/aromatic N) is 1. The van der Waals surface area contributed by atoms with E-state index in [1.54, 1.807) is 0 Å². The maximum absolute atomic E-state index is 5.82. The third-order valence-electron chi connectivity index (χ3n) is 3.98. The Bertz CT molecular complexity index is 424. The molecule has 2 nitrogen and oxygen atoms in total. The maximum atomic E-state index is 5.82. The second-order valence-corrected chi connectivity index (χ2v) is 5.40. The first kappa shape index (κ1) is 11.2. The Labute approximate surface area is 107 Å². The Morgan fingerprint density at radius 3 is 3.06 bits per heavy atom. The molecule has 1 aromatic heterocycles. The van der Waals surface area contributed by atoms with Crippen molar-refractivity contribution in [2.75, 3.05) is 13.1 Å². The minimum absolute atomic E-state index is 0.572. The summed E-state index contributed by atoms with van der Waals surface area (Å²) in [6, 6.07) is 3.96. The molecule has 90 valence electrons. The molecule has 1 aromatic rings. The first-order valence-corrected chi connectivity index (χ1v) is 6.74. The summed E-state index contributed by atoms with van der Waals surface area (Å²) < 4.78 is 0. The van der Waals surface area contributed by atoms with Crippen LogP contribution in [0, 0.1) is 11.8 Å². The number of rotatable bonds is 1. The van der Waals surface area contributed by atoms with Gasteiger partial charge in [-0.2, -0.15) is 0 Å². The summed E-state index contributed by atoms with van der Waals surface area (Å²) in [7, 11) is 0. The Morgan fingerprint density at radius 1 is 1.29 bits per heavy atom. The fourth-order valence-electron chi connectivity index (χ4n) is 2.98. The van der Waals surface area contributed by atoms with Crippen LogP contribution in [0.1, 0.15) is 24.8 Å². The van der Waals surface area contributed by atoms with E-state index >= 15 is 0 Å². The Hall–Kier alpha value is -0.860. The highest BCUT2D eigenvalue weighted by atomic mass is 35.5. The third-order valence-corrected chi connectivity index (χ3v) is 4.20. The van der Waals surface area contributed by atoms with E-state index in [0.717, 1.165) is 12.5 Å². The van der Waals surface area contributed by atoms with E-state index in [4.69, 9.17) is 11.6 Å². The third kappa shape index (κ3) is 2.38. The summed E-state index contributed by atoms with van der Waals surface area (Å²) in [5.74, 6) is 1.60. The largest absolute Gasteiger partial charge is 0.316 e. The molecular weight excluding hydrogens is 232 g/mol. The Kier molecular flexibility index (Phi) is 3.17. The zero-order valence-electron chi connectivity index (χ0n) is 9.82. The van der Waals surface area contributed by atoms with Gasteiger partial charge in [0.25, 0.3) is 0 Å². The average molecular weight is 249 g/mol. The van der Waals surface area contributed by atoms with Gasteiger partial charge in [0.05, 0.1) is 0 Å². The van der Waals surface area contributed by atoms with E-state index in [9.17, 15) is 0 Å². The van der Waals surface area contributed by atoms with Crippen molar-refractivity contribution in [2.24, 2.45) is 11.8 Å². The van der Waals surface area contributed by atoms with E-state index in [1.165, 1.54) is 36.9 Å². The molecule has 17 heavy (non-hydrogen) atoms. The van der Waals surface area contributed by atoms with Gasteiger partial charge in [0.1, 0.15) is 5.15 Å². The standard InChI is InChI=1S/C14H17ClN2/c15-14-4-3-12(9-17-14)11-2-1-10-5-6-16-8-13(10)7-11/h3-4,7,9-10,13,16H,1-2,5-6,8H2/t10-,13+/m1/s1. The summed E-state index contributed by atoms with van der Waals surface area (Å²) in [4.78, 5) is 4.17. The van der Waals surface area contributed by atoms with Crippen LogP contribution in [0.5, 0.6) is 0 Å². The van der Waals surface area contributed by atoms with E-state index in [0.29, 0.717) is 11.1 Å². The predicted octanol–water partition coefficient (Wildman–Crippen LogP) is 3.14. The van der Waals surface area contributed by atoms with Gasteiger partial charge in [-0.25, -0.2) is 4.98 Å². The summed E-state index contributed by atoms with van der Waals surface area (Å²) in [5.41, 5.74) is 2.68. The molecule has 1 aliphatic carbocycles. The number of hydrogen-bond acceptors (Lipinski definition) is 2. The lowest BCUT2D eigenvalue weighted by Crippen LogP contribution is -2.37. The van der Waals surface area contributed by atoms with E-state index < -0.39 is 0 Å². The molecule has 0 spiro atoms. The van der Waals surface area contributed by atoms with Crippen molar-refractivity contribution >= 4 is 17.2 Å². The van der Waals surface area contributed by atoms with Gasteiger partial charge in [0.2, 0.25) is 0 Å². The molecule has 2 aliphatic rings. The first-order valence-electron chi connectivity index (χ1n) is 6.36. The fourth-order valence-corrected chi connectivity index (χ4v) is 3.09. The highest BCUT2D eigenvalue weighted by Crippen LogP contribution is 2.36. The highest BCUT2D eigenvalue weighted by molar-refractivity contribution is 6.29. The SMILES string of the molecule is Clc1ccc(C2=C[C@H]3CNCC[C@H]3CC2)cn1. The molecule has 0 unspecified atom stereocenters. The molecule has 3 heteroatoms. The number of hydrogen-bond donors (Lipinski definition) is 1. The van der Waals surface area contributed by atoms with Crippen LogP contribution in [0.2, 0.25) is 5.15 Å². The normalized spacial score (nSPS) is 28.4. The van der Waals surface area contributed by atoms with Gasteiger partial charge < -0.3 is 5.32 Å². The van der Waals surface area contributed by atoms with Crippen molar-refractivity contribution in [2.45, 2.75) is 19.3 Å². The van der Waals surface area contributed by atoms with Crippen molar-refractivity contribution in [1.82, 2.24) is 10.3 Å². The van der Waals surface area contributed by atoms with E-state index in [1.807, 2.05) is 12.3 Å². The zero-order chi connectivity index (χ0) is 11.7. The smallest absolute Gasteiger partial charge is 0.129 e. The summed E-state index contributed by atoms with van der Waals surface area (Å²) >= 11 is 5.82. The second kappa shape index (κ2) is 4.79. The van der Waals surface area contributed by atoms with E-state index in [2.05, 4.69) is 22.4 Å². The lowest BCUT2D eigenvalue weighted by molar-refractivity contribution is 0.279. The number of pyridine rings is 1.